The van der Waals surface area contributed by atoms with Crippen molar-refractivity contribution in [1.29, 1.82) is 0 Å². The predicted molar refractivity (Wildman–Crippen MR) is 60.0 cm³/mol. The number of aliphatic hydroxyl groups is 2. The molecule has 2 aromatic rings. The van der Waals surface area contributed by atoms with E-state index in [0.717, 1.165) is 11.1 Å². The van der Waals surface area contributed by atoms with Gasteiger partial charge in [0.05, 0.1) is 6.10 Å². The van der Waals surface area contributed by atoms with Crippen LogP contribution in [-0.2, 0) is 0 Å². The molecule has 0 radical (unpaired) electrons. The Morgan fingerprint density at radius 3 is 3.00 bits per heavy atom. The van der Waals surface area contributed by atoms with E-state index in [1.54, 1.807) is 13.0 Å². The summed E-state index contributed by atoms with van der Waals surface area (Å²) >= 11 is 0. The van der Waals surface area contributed by atoms with E-state index in [4.69, 9.17) is 9.52 Å². The van der Waals surface area contributed by atoms with Gasteiger partial charge in [-0.3, -0.25) is 0 Å². The molecule has 0 aliphatic heterocycles. The van der Waals surface area contributed by atoms with E-state index in [1.807, 2.05) is 12.1 Å². The van der Waals surface area contributed by atoms with Crippen molar-refractivity contribution < 1.29 is 14.6 Å². The van der Waals surface area contributed by atoms with Gasteiger partial charge in [-0.05, 0) is 30.5 Å². The number of hydrogen-bond acceptors (Lipinski definition) is 4. The number of fused-ring (bicyclic) bond motifs is 1. The third-order valence-electron chi connectivity index (χ3n) is 2.54. The van der Waals surface area contributed by atoms with Gasteiger partial charge >= 0.3 is 0 Å². The third kappa shape index (κ3) is 2.23. The van der Waals surface area contributed by atoms with Gasteiger partial charge < -0.3 is 14.6 Å². The number of aromatic nitrogens is 1. The number of hydrogen-bond donors (Lipinski definition) is 2. The molecule has 2 rings (SSSR count). The van der Waals surface area contributed by atoms with Gasteiger partial charge in [-0.2, -0.15) is 0 Å². The summed E-state index contributed by atoms with van der Waals surface area (Å²) in [4.78, 5) is 4.19. The van der Waals surface area contributed by atoms with E-state index in [-0.39, 0.29) is 6.61 Å². The highest BCUT2D eigenvalue weighted by Crippen LogP contribution is 2.23. The first-order chi connectivity index (χ1) is 7.70. The highest BCUT2D eigenvalue weighted by molar-refractivity contribution is 5.73. The van der Waals surface area contributed by atoms with Crippen molar-refractivity contribution in [3.8, 4) is 0 Å². The summed E-state index contributed by atoms with van der Waals surface area (Å²) in [6.45, 7) is 1.89. The van der Waals surface area contributed by atoms with Crippen LogP contribution in [-0.4, -0.2) is 21.8 Å². The van der Waals surface area contributed by atoms with Crippen molar-refractivity contribution in [2.75, 3.05) is 6.61 Å². The lowest BCUT2D eigenvalue weighted by atomic mass is 10.0. The minimum atomic E-state index is -0.554. The van der Waals surface area contributed by atoms with E-state index in [1.165, 1.54) is 0 Å². The zero-order valence-electron chi connectivity index (χ0n) is 9.18. The normalized spacial score (nSPS) is 13.2. The van der Waals surface area contributed by atoms with Crippen LogP contribution in [0.5, 0.6) is 0 Å². The average molecular weight is 221 g/mol. The number of aliphatic hydroxyl groups excluding tert-OH is 2. The van der Waals surface area contributed by atoms with Crippen molar-refractivity contribution >= 4 is 11.1 Å². The zero-order valence-corrected chi connectivity index (χ0v) is 9.18. The highest BCUT2D eigenvalue weighted by atomic mass is 16.3. The number of oxazole rings is 1. The van der Waals surface area contributed by atoms with Crippen molar-refractivity contribution in [1.82, 2.24) is 4.98 Å². The van der Waals surface area contributed by atoms with Gasteiger partial charge in [0.25, 0.3) is 0 Å². The molecule has 0 bridgehead atoms. The summed E-state index contributed by atoms with van der Waals surface area (Å²) in [6.07, 6.45) is 0.589. The Kier molecular flexibility index (Phi) is 3.22. The number of nitrogens with zero attached hydrogens (tertiary/aromatic N) is 1. The first kappa shape index (κ1) is 11.1. The third-order valence-corrected chi connectivity index (χ3v) is 2.54. The first-order valence-corrected chi connectivity index (χ1v) is 5.36. The van der Waals surface area contributed by atoms with Crippen LogP contribution in [0.25, 0.3) is 11.1 Å². The second kappa shape index (κ2) is 4.63. The summed E-state index contributed by atoms with van der Waals surface area (Å²) in [5.41, 5.74) is 2.30. The Morgan fingerprint density at radius 1 is 1.44 bits per heavy atom. The molecule has 0 spiro atoms. The molecule has 2 N–H and O–H groups in total. The largest absolute Gasteiger partial charge is 0.441 e. The molecule has 0 saturated heterocycles. The molecule has 1 unspecified atom stereocenters. The summed E-state index contributed by atoms with van der Waals surface area (Å²) in [6, 6.07) is 5.48. The molecule has 1 aromatic heterocycles. The highest BCUT2D eigenvalue weighted by Gasteiger charge is 2.10. The van der Waals surface area contributed by atoms with Crippen LogP contribution in [0.3, 0.4) is 0 Å². The fourth-order valence-electron chi connectivity index (χ4n) is 1.71. The summed E-state index contributed by atoms with van der Waals surface area (Å²) in [7, 11) is 0. The maximum atomic E-state index is 9.84. The Balaban J connectivity index is 2.24. The Morgan fingerprint density at radius 2 is 2.25 bits per heavy atom. The molecule has 1 aromatic carbocycles. The van der Waals surface area contributed by atoms with Gasteiger partial charge in [-0.1, -0.05) is 6.07 Å². The van der Waals surface area contributed by atoms with Gasteiger partial charge in [-0.25, -0.2) is 4.98 Å². The monoisotopic (exact) mass is 221 g/mol. The second-order valence-electron chi connectivity index (χ2n) is 3.84. The lowest BCUT2D eigenvalue weighted by Gasteiger charge is -2.09. The predicted octanol–water partition coefficient (Wildman–Crippen LogP) is 1.94. The number of aryl methyl sites for hydroxylation is 1. The molecule has 1 atom stereocenters. The van der Waals surface area contributed by atoms with E-state index < -0.39 is 6.10 Å². The molecule has 1 heterocycles. The molecule has 4 nitrogen and oxygen atoms in total. The Hall–Kier alpha value is -1.39. The quantitative estimate of drug-likeness (QED) is 0.828. The minimum absolute atomic E-state index is 0.0979. The van der Waals surface area contributed by atoms with Gasteiger partial charge in [-0.15, -0.1) is 0 Å². The van der Waals surface area contributed by atoms with Crippen LogP contribution < -0.4 is 0 Å². The maximum absolute atomic E-state index is 9.84. The maximum Gasteiger partial charge on any atom is 0.192 e. The molecule has 86 valence electrons. The summed E-state index contributed by atoms with van der Waals surface area (Å²) < 4.78 is 5.39. The molecule has 0 aliphatic carbocycles. The fraction of sp³-hybridized carbons (Fsp3) is 0.417. The average Bonchev–Trinajstić information content (AvgIpc) is 2.64. The van der Waals surface area contributed by atoms with Crippen molar-refractivity contribution in [2.45, 2.75) is 25.9 Å². The van der Waals surface area contributed by atoms with E-state index in [9.17, 15) is 5.11 Å². The van der Waals surface area contributed by atoms with Crippen LogP contribution >= 0.6 is 0 Å². The molecule has 0 saturated carbocycles. The standard InChI is InChI=1S/C12H15NO3/c1-8-13-10-5-4-9(7-12(10)16-8)11(15)3-2-6-14/h4-5,7,11,14-15H,2-3,6H2,1H3. The van der Waals surface area contributed by atoms with E-state index >= 15 is 0 Å². The Labute approximate surface area is 93.5 Å². The summed E-state index contributed by atoms with van der Waals surface area (Å²) in [5.74, 6) is 0.622. The second-order valence-corrected chi connectivity index (χ2v) is 3.84. The summed E-state index contributed by atoms with van der Waals surface area (Å²) in [5, 5.41) is 18.5. The SMILES string of the molecule is Cc1nc2ccc(C(O)CCCO)cc2o1. The molecular weight excluding hydrogens is 206 g/mol. The van der Waals surface area contributed by atoms with Crippen molar-refractivity contribution in [3.63, 3.8) is 0 Å². The van der Waals surface area contributed by atoms with Crippen molar-refractivity contribution in [3.05, 3.63) is 29.7 Å². The van der Waals surface area contributed by atoms with Crippen LogP contribution in [0, 0.1) is 6.92 Å². The zero-order chi connectivity index (χ0) is 11.5. The van der Waals surface area contributed by atoms with E-state index in [0.29, 0.717) is 24.3 Å². The van der Waals surface area contributed by atoms with Gasteiger partial charge in [0, 0.05) is 13.5 Å². The Bertz CT molecular complexity index is 478. The lowest BCUT2D eigenvalue weighted by molar-refractivity contribution is 0.152. The molecule has 16 heavy (non-hydrogen) atoms. The van der Waals surface area contributed by atoms with Crippen LogP contribution in [0.4, 0.5) is 0 Å². The lowest BCUT2D eigenvalue weighted by Crippen LogP contribution is -1.98. The van der Waals surface area contributed by atoms with Crippen molar-refractivity contribution in [2.24, 2.45) is 0 Å². The fourth-order valence-corrected chi connectivity index (χ4v) is 1.71. The van der Waals surface area contributed by atoms with Gasteiger partial charge in [0.1, 0.15) is 5.52 Å². The molecule has 0 amide bonds. The van der Waals surface area contributed by atoms with Crippen LogP contribution in [0.2, 0.25) is 0 Å². The van der Waals surface area contributed by atoms with Gasteiger partial charge in [0.2, 0.25) is 0 Å². The number of benzene rings is 1. The topological polar surface area (TPSA) is 66.5 Å². The first-order valence-electron chi connectivity index (χ1n) is 5.36. The molecule has 0 aliphatic rings. The molecular formula is C12H15NO3. The smallest absolute Gasteiger partial charge is 0.192 e. The minimum Gasteiger partial charge on any atom is -0.441 e. The van der Waals surface area contributed by atoms with Gasteiger partial charge in [0.15, 0.2) is 11.5 Å². The van der Waals surface area contributed by atoms with Crippen LogP contribution in [0.1, 0.15) is 30.4 Å². The number of rotatable bonds is 4. The molecule has 0 fully saturated rings. The van der Waals surface area contributed by atoms with Crippen LogP contribution in [0.15, 0.2) is 22.6 Å². The molecule has 4 heteroatoms. The van der Waals surface area contributed by atoms with E-state index in [2.05, 4.69) is 4.98 Å².